The Hall–Kier alpha value is -0.770. The fourth-order valence-corrected chi connectivity index (χ4v) is 1.71. The van der Waals surface area contributed by atoms with Crippen molar-refractivity contribution in [3.63, 3.8) is 0 Å². The van der Waals surface area contributed by atoms with Gasteiger partial charge in [0.05, 0.1) is 0 Å². The van der Waals surface area contributed by atoms with Crippen LogP contribution in [-0.4, -0.2) is 54.7 Å². The van der Waals surface area contributed by atoms with Crippen molar-refractivity contribution in [2.75, 3.05) is 33.7 Å². The maximum Gasteiger partial charge on any atom is 0.407 e. The van der Waals surface area contributed by atoms with E-state index >= 15 is 0 Å². The van der Waals surface area contributed by atoms with E-state index in [-0.39, 0.29) is 0 Å². The molecule has 1 heterocycles. The zero-order valence-electron chi connectivity index (χ0n) is 8.36. The van der Waals surface area contributed by atoms with Gasteiger partial charge in [0.15, 0.2) is 0 Å². The van der Waals surface area contributed by atoms with Gasteiger partial charge < -0.3 is 14.9 Å². The molecule has 0 aliphatic carbocycles. The van der Waals surface area contributed by atoms with Crippen molar-refractivity contribution in [3.05, 3.63) is 0 Å². The number of piperidine rings is 1. The fraction of sp³-hybridized carbons (Fsp3) is 0.889. The smallest absolute Gasteiger partial charge is 0.407 e. The van der Waals surface area contributed by atoms with Crippen LogP contribution in [0.25, 0.3) is 0 Å². The molecule has 1 N–H and O–H groups in total. The zero-order chi connectivity index (χ0) is 9.84. The molecule has 1 saturated heterocycles. The van der Waals surface area contributed by atoms with E-state index < -0.39 is 6.09 Å². The second-order valence-electron chi connectivity index (χ2n) is 3.91. The van der Waals surface area contributed by atoms with Crippen molar-refractivity contribution < 1.29 is 9.90 Å². The summed E-state index contributed by atoms with van der Waals surface area (Å²) in [4.78, 5) is 14.2. The second-order valence-corrected chi connectivity index (χ2v) is 3.91. The Labute approximate surface area is 79.1 Å². The maximum atomic E-state index is 10.6. The highest BCUT2D eigenvalue weighted by Crippen LogP contribution is 2.16. The van der Waals surface area contributed by atoms with Crippen molar-refractivity contribution in [1.29, 1.82) is 0 Å². The molecule has 1 aliphatic heterocycles. The molecule has 0 saturated carbocycles. The fourth-order valence-electron chi connectivity index (χ4n) is 1.71. The van der Waals surface area contributed by atoms with E-state index in [4.69, 9.17) is 5.11 Å². The average molecular weight is 186 g/mol. The first-order valence-corrected chi connectivity index (χ1v) is 4.72. The summed E-state index contributed by atoms with van der Waals surface area (Å²) >= 11 is 0. The van der Waals surface area contributed by atoms with Gasteiger partial charge in [0.25, 0.3) is 0 Å². The predicted molar refractivity (Wildman–Crippen MR) is 50.9 cm³/mol. The Kier molecular flexibility index (Phi) is 3.54. The van der Waals surface area contributed by atoms with E-state index in [1.165, 1.54) is 4.90 Å². The molecule has 1 aliphatic rings. The van der Waals surface area contributed by atoms with E-state index in [9.17, 15) is 4.79 Å². The summed E-state index contributed by atoms with van der Waals surface area (Å²) in [6.45, 7) is 2.87. The van der Waals surface area contributed by atoms with Gasteiger partial charge in [0, 0.05) is 13.6 Å². The van der Waals surface area contributed by atoms with Crippen LogP contribution < -0.4 is 0 Å². The van der Waals surface area contributed by atoms with Gasteiger partial charge in [-0.05, 0) is 38.9 Å². The highest BCUT2D eigenvalue weighted by Gasteiger charge is 2.19. The van der Waals surface area contributed by atoms with Gasteiger partial charge in [0.1, 0.15) is 0 Å². The van der Waals surface area contributed by atoms with Crippen LogP contribution in [0, 0.1) is 5.92 Å². The van der Waals surface area contributed by atoms with Gasteiger partial charge in [0.2, 0.25) is 0 Å². The third-order valence-corrected chi connectivity index (χ3v) is 2.70. The summed E-state index contributed by atoms with van der Waals surface area (Å²) in [5, 5.41) is 8.68. The molecule has 1 rings (SSSR count). The number of carbonyl (C=O) groups is 1. The highest BCUT2D eigenvalue weighted by atomic mass is 16.4. The Morgan fingerprint density at radius 2 is 2.08 bits per heavy atom. The molecule has 1 amide bonds. The minimum Gasteiger partial charge on any atom is -0.465 e. The number of hydrogen-bond donors (Lipinski definition) is 1. The Bertz CT molecular complexity index is 176. The number of likely N-dealkylation sites (tertiary alicyclic amines) is 1. The number of carboxylic acid groups (broad SMARTS) is 1. The molecule has 4 nitrogen and oxygen atoms in total. The Morgan fingerprint density at radius 1 is 1.54 bits per heavy atom. The van der Waals surface area contributed by atoms with Crippen LogP contribution >= 0.6 is 0 Å². The van der Waals surface area contributed by atoms with Gasteiger partial charge in [-0.3, -0.25) is 0 Å². The lowest BCUT2D eigenvalue weighted by atomic mass is 9.97. The van der Waals surface area contributed by atoms with Gasteiger partial charge in [-0.25, -0.2) is 4.79 Å². The topological polar surface area (TPSA) is 43.8 Å². The zero-order valence-corrected chi connectivity index (χ0v) is 8.36. The Morgan fingerprint density at radius 3 is 2.54 bits per heavy atom. The first kappa shape index (κ1) is 10.3. The van der Waals surface area contributed by atoms with E-state index in [0.29, 0.717) is 12.5 Å². The molecule has 76 valence electrons. The van der Waals surface area contributed by atoms with Crippen LogP contribution in [0.15, 0.2) is 0 Å². The molecule has 0 unspecified atom stereocenters. The summed E-state index contributed by atoms with van der Waals surface area (Å²) in [5.74, 6) is 0.553. The summed E-state index contributed by atoms with van der Waals surface area (Å²) < 4.78 is 0. The molecular weight excluding hydrogens is 168 g/mol. The first-order chi connectivity index (χ1) is 6.09. The standard InChI is InChI=1S/C9H18N2O2/c1-10-5-3-8(4-6-10)7-11(2)9(12)13/h8H,3-7H2,1-2H3,(H,12,13). The van der Waals surface area contributed by atoms with Gasteiger partial charge in [-0.15, -0.1) is 0 Å². The molecule has 0 radical (unpaired) electrons. The largest absolute Gasteiger partial charge is 0.465 e. The molecule has 1 fully saturated rings. The summed E-state index contributed by atoms with van der Waals surface area (Å²) in [5.41, 5.74) is 0. The molecule has 4 heteroatoms. The number of nitrogens with zero attached hydrogens (tertiary/aromatic N) is 2. The lowest BCUT2D eigenvalue weighted by molar-refractivity contribution is 0.134. The van der Waals surface area contributed by atoms with Crippen molar-refractivity contribution in [2.24, 2.45) is 5.92 Å². The Balaban J connectivity index is 2.26. The van der Waals surface area contributed by atoms with Crippen LogP contribution in [0.2, 0.25) is 0 Å². The molecule has 13 heavy (non-hydrogen) atoms. The van der Waals surface area contributed by atoms with Crippen molar-refractivity contribution in [2.45, 2.75) is 12.8 Å². The van der Waals surface area contributed by atoms with Crippen molar-refractivity contribution in [1.82, 2.24) is 9.80 Å². The normalized spacial score (nSPS) is 20.2. The predicted octanol–water partition coefficient (Wildman–Crippen LogP) is 0.938. The van der Waals surface area contributed by atoms with Gasteiger partial charge in [-0.2, -0.15) is 0 Å². The first-order valence-electron chi connectivity index (χ1n) is 4.72. The summed E-state index contributed by atoms with van der Waals surface area (Å²) in [6.07, 6.45) is 1.42. The van der Waals surface area contributed by atoms with E-state index in [2.05, 4.69) is 11.9 Å². The van der Waals surface area contributed by atoms with Crippen LogP contribution in [0.3, 0.4) is 0 Å². The summed E-state index contributed by atoms with van der Waals surface area (Å²) in [6, 6.07) is 0. The van der Waals surface area contributed by atoms with Crippen molar-refractivity contribution >= 4 is 6.09 Å². The van der Waals surface area contributed by atoms with E-state index in [0.717, 1.165) is 25.9 Å². The van der Waals surface area contributed by atoms with E-state index in [1.807, 2.05) is 0 Å². The SMILES string of the molecule is CN1CCC(CN(C)C(=O)O)CC1. The molecule has 0 aromatic heterocycles. The van der Waals surface area contributed by atoms with Gasteiger partial charge >= 0.3 is 6.09 Å². The average Bonchev–Trinajstić information content (AvgIpc) is 2.08. The van der Waals surface area contributed by atoms with Crippen LogP contribution in [0.4, 0.5) is 4.79 Å². The van der Waals surface area contributed by atoms with Gasteiger partial charge in [-0.1, -0.05) is 0 Å². The number of amides is 1. The monoisotopic (exact) mass is 186 g/mol. The lowest BCUT2D eigenvalue weighted by Gasteiger charge is -2.30. The second kappa shape index (κ2) is 4.46. The van der Waals surface area contributed by atoms with Crippen LogP contribution in [0.5, 0.6) is 0 Å². The van der Waals surface area contributed by atoms with Crippen molar-refractivity contribution in [3.8, 4) is 0 Å². The quantitative estimate of drug-likeness (QED) is 0.698. The third-order valence-electron chi connectivity index (χ3n) is 2.70. The minimum atomic E-state index is -0.820. The maximum absolute atomic E-state index is 10.6. The molecular formula is C9H18N2O2. The highest BCUT2D eigenvalue weighted by molar-refractivity contribution is 5.64. The molecule has 0 aromatic carbocycles. The van der Waals surface area contributed by atoms with Crippen LogP contribution in [0.1, 0.15) is 12.8 Å². The minimum absolute atomic E-state index is 0.553. The molecule has 0 spiro atoms. The molecule has 0 bridgehead atoms. The molecule has 0 aromatic rings. The van der Waals surface area contributed by atoms with E-state index in [1.54, 1.807) is 7.05 Å². The third kappa shape index (κ3) is 3.22. The van der Waals surface area contributed by atoms with Crippen LogP contribution in [-0.2, 0) is 0 Å². The number of rotatable bonds is 2. The summed E-state index contributed by atoms with van der Waals surface area (Å²) in [7, 11) is 3.75. The molecule has 0 atom stereocenters. The lowest BCUT2D eigenvalue weighted by Crippen LogP contribution is -2.37. The number of hydrogen-bond acceptors (Lipinski definition) is 2.